The molecule has 0 aliphatic heterocycles. The topological polar surface area (TPSA) is 52.3 Å². The van der Waals surface area contributed by atoms with Crippen molar-refractivity contribution in [1.82, 2.24) is 0 Å². The molecule has 1 aromatic rings. The van der Waals surface area contributed by atoms with Crippen LogP contribution >= 0.6 is 12.4 Å². The van der Waals surface area contributed by atoms with Gasteiger partial charge in [-0.2, -0.15) is 0 Å². The Balaban J connectivity index is 0.00000400. The standard InChI is InChI=1S/C17H25NO2.ClH/c18-14-8-3-1-2-4-9-15-20-17(19)13-12-16-10-6-5-7-11-16;/h5-7,10-13H,1-4,8-9,14-15,18H2;1H. The summed E-state index contributed by atoms with van der Waals surface area (Å²) in [5, 5.41) is 0. The van der Waals surface area contributed by atoms with Gasteiger partial charge < -0.3 is 10.5 Å². The van der Waals surface area contributed by atoms with Gasteiger partial charge in [-0.15, -0.1) is 12.4 Å². The Morgan fingerprint density at radius 2 is 1.62 bits per heavy atom. The van der Waals surface area contributed by atoms with Crippen LogP contribution < -0.4 is 5.73 Å². The minimum Gasteiger partial charge on any atom is -0.463 e. The average Bonchev–Trinajstić information content (AvgIpc) is 2.49. The third-order valence-electron chi connectivity index (χ3n) is 3.05. The first kappa shape index (κ1) is 19.7. The van der Waals surface area contributed by atoms with E-state index in [-0.39, 0.29) is 18.4 Å². The molecular formula is C17H26ClNO2. The molecule has 0 saturated carbocycles. The van der Waals surface area contributed by atoms with Crippen LogP contribution in [0.1, 0.15) is 44.1 Å². The van der Waals surface area contributed by atoms with Gasteiger partial charge in [0.15, 0.2) is 0 Å². The molecule has 0 aliphatic carbocycles. The summed E-state index contributed by atoms with van der Waals surface area (Å²) in [7, 11) is 0. The highest BCUT2D eigenvalue weighted by molar-refractivity contribution is 5.87. The van der Waals surface area contributed by atoms with Gasteiger partial charge in [-0.25, -0.2) is 4.79 Å². The molecule has 0 spiro atoms. The van der Waals surface area contributed by atoms with Crippen molar-refractivity contribution in [1.29, 1.82) is 0 Å². The van der Waals surface area contributed by atoms with Crippen molar-refractivity contribution in [2.45, 2.75) is 38.5 Å². The predicted molar refractivity (Wildman–Crippen MR) is 90.4 cm³/mol. The second kappa shape index (κ2) is 13.7. The number of carbonyl (C=O) groups excluding carboxylic acids is 1. The molecule has 0 aromatic heterocycles. The van der Waals surface area contributed by atoms with Crippen molar-refractivity contribution >= 4 is 24.5 Å². The minimum absolute atomic E-state index is 0. The Morgan fingerprint density at radius 1 is 1.00 bits per heavy atom. The van der Waals surface area contributed by atoms with Crippen molar-refractivity contribution in [3.05, 3.63) is 42.0 Å². The number of carbonyl (C=O) groups is 1. The van der Waals surface area contributed by atoms with Crippen molar-refractivity contribution in [2.75, 3.05) is 13.2 Å². The molecule has 3 nitrogen and oxygen atoms in total. The van der Waals surface area contributed by atoms with Gasteiger partial charge in [0.1, 0.15) is 0 Å². The SMILES string of the molecule is Cl.NCCCCCCCCOC(=O)C=Cc1ccccc1. The first-order valence-electron chi connectivity index (χ1n) is 7.43. The molecule has 0 radical (unpaired) electrons. The summed E-state index contributed by atoms with van der Waals surface area (Å²) in [4.78, 5) is 11.5. The second-order valence-electron chi connectivity index (χ2n) is 4.82. The fourth-order valence-electron chi connectivity index (χ4n) is 1.90. The maximum atomic E-state index is 11.5. The Labute approximate surface area is 134 Å². The van der Waals surface area contributed by atoms with Gasteiger partial charge >= 0.3 is 5.97 Å². The maximum absolute atomic E-state index is 11.5. The van der Waals surface area contributed by atoms with E-state index in [1.54, 1.807) is 6.08 Å². The number of ether oxygens (including phenoxy) is 1. The van der Waals surface area contributed by atoms with E-state index >= 15 is 0 Å². The Kier molecular flexibility index (Phi) is 12.8. The van der Waals surface area contributed by atoms with Crippen molar-refractivity contribution in [3.8, 4) is 0 Å². The third-order valence-corrected chi connectivity index (χ3v) is 3.05. The Morgan fingerprint density at radius 3 is 2.29 bits per heavy atom. The highest BCUT2D eigenvalue weighted by Crippen LogP contribution is 2.05. The van der Waals surface area contributed by atoms with Crippen LogP contribution in [0, 0.1) is 0 Å². The van der Waals surface area contributed by atoms with Crippen LogP contribution in [0.15, 0.2) is 36.4 Å². The molecule has 0 aliphatic rings. The Hall–Kier alpha value is -1.32. The molecule has 0 unspecified atom stereocenters. The first-order valence-corrected chi connectivity index (χ1v) is 7.43. The highest BCUT2D eigenvalue weighted by Gasteiger charge is 1.97. The Bertz CT molecular complexity index is 393. The number of nitrogens with two attached hydrogens (primary N) is 1. The molecule has 118 valence electrons. The summed E-state index contributed by atoms with van der Waals surface area (Å²) in [5.74, 6) is -0.267. The van der Waals surface area contributed by atoms with E-state index in [0.717, 1.165) is 31.4 Å². The molecule has 4 heteroatoms. The fourth-order valence-corrected chi connectivity index (χ4v) is 1.90. The molecule has 0 saturated heterocycles. The normalized spacial score (nSPS) is 10.3. The van der Waals surface area contributed by atoms with Gasteiger partial charge in [-0.1, -0.05) is 56.0 Å². The maximum Gasteiger partial charge on any atom is 0.330 e. The number of esters is 1. The van der Waals surface area contributed by atoms with Gasteiger partial charge in [0.2, 0.25) is 0 Å². The van der Waals surface area contributed by atoms with Crippen LogP contribution in [0.25, 0.3) is 6.08 Å². The van der Waals surface area contributed by atoms with E-state index in [1.165, 1.54) is 25.3 Å². The number of hydrogen-bond acceptors (Lipinski definition) is 3. The van der Waals surface area contributed by atoms with E-state index in [4.69, 9.17) is 10.5 Å². The van der Waals surface area contributed by atoms with Crippen LogP contribution in [0.3, 0.4) is 0 Å². The minimum atomic E-state index is -0.267. The van der Waals surface area contributed by atoms with E-state index in [2.05, 4.69) is 0 Å². The van der Waals surface area contributed by atoms with Crippen LogP contribution in [-0.2, 0) is 9.53 Å². The molecule has 0 bridgehead atoms. The lowest BCUT2D eigenvalue weighted by atomic mass is 10.1. The van der Waals surface area contributed by atoms with Crippen LogP contribution in [-0.4, -0.2) is 19.1 Å². The molecule has 2 N–H and O–H groups in total. The molecule has 0 fully saturated rings. The summed E-state index contributed by atoms with van der Waals surface area (Å²) in [6.45, 7) is 1.29. The monoisotopic (exact) mass is 311 g/mol. The molecule has 0 amide bonds. The predicted octanol–water partition coefficient (Wildman–Crippen LogP) is 3.96. The summed E-state index contributed by atoms with van der Waals surface area (Å²) < 4.78 is 5.15. The molecule has 0 heterocycles. The summed E-state index contributed by atoms with van der Waals surface area (Å²) in [6.07, 6.45) is 10.0. The van der Waals surface area contributed by atoms with Gasteiger partial charge in [0, 0.05) is 6.08 Å². The smallest absolute Gasteiger partial charge is 0.330 e. The van der Waals surface area contributed by atoms with Crippen molar-refractivity contribution in [3.63, 3.8) is 0 Å². The van der Waals surface area contributed by atoms with E-state index in [0.29, 0.717) is 6.61 Å². The zero-order valence-electron chi connectivity index (χ0n) is 12.5. The number of benzene rings is 1. The first-order chi connectivity index (χ1) is 9.83. The van der Waals surface area contributed by atoms with E-state index in [1.807, 2.05) is 30.3 Å². The molecule has 0 atom stereocenters. The average molecular weight is 312 g/mol. The number of hydrogen-bond donors (Lipinski definition) is 1. The zero-order valence-corrected chi connectivity index (χ0v) is 13.3. The van der Waals surface area contributed by atoms with E-state index < -0.39 is 0 Å². The number of unbranched alkanes of at least 4 members (excludes halogenated alkanes) is 5. The lowest BCUT2D eigenvalue weighted by molar-refractivity contribution is -0.137. The molecule has 21 heavy (non-hydrogen) atoms. The lowest BCUT2D eigenvalue weighted by Gasteiger charge is -2.02. The second-order valence-corrected chi connectivity index (χ2v) is 4.82. The van der Waals surface area contributed by atoms with Gasteiger partial charge in [0.25, 0.3) is 0 Å². The van der Waals surface area contributed by atoms with Gasteiger partial charge in [-0.3, -0.25) is 0 Å². The largest absolute Gasteiger partial charge is 0.463 e. The molecule has 1 aromatic carbocycles. The van der Waals surface area contributed by atoms with Crippen molar-refractivity contribution < 1.29 is 9.53 Å². The molecular weight excluding hydrogens is 286 g/mol. The lowest BCUT2D eigenvalue weighted by Crippen LogP contribution is -2.02. The van der Waals surface area contributed by atoms with E-state index in [9.17, 15) is 4.79 Å². The number of rotatable bonds is 10. The fraction of sp³-hybridized carbons (Fsp3) is 0.471. The summed E-state index contributed by atoms with van der Waals surface area (Å²) in [6, 6.07) is 9.73. The van der Waals surface area contributed by atoms with Crippen molar-refractivity contribution in [2.24, 2.45) is 5.73 Å². The summed E-state index contributed by atoms with van der Waals surface area (Å²) in [5.41, 5.74) is 6.43. The third kappa shape index (κ3) is 11.1. The number of halogens is 1. The highest BCUT2D eigenvalue weighted by atomic mass is 35.5. The van der Waals surface area contributed by atoms with Gasteiger partial charge in [0.05, 0.1) is 6.61 Å². The zero-order chi connectivity index (χ0) is 14.5. The van der Waals surface area contributed by atoms with Crippen LogP contribution in [0.2, 0.25) is 0 Å². The van der Waals surface area contributed by atoms with Crippen LogP contribution in [0.5, 0.6) is 0 Å². The summed E-state index contributed by atoms with van der Waals surface area (Å²) >= 11 is 0. The van der Waals surface area contributed by atoms with Crippen LogP contribution in [0.4, 0.5) is 0 Å². The quantitative estimate of drug-likeness (QED) is 0.404. The van der Waals surface area contributed by atoms with Gasteiger partial charge in [-0.05, 0) is 31.0 Å². The molecule has 1 rings (SSSR count).